The van der Waals surface area contributed by atoms with Crippen molar-refractivity contribution < 1.29 is 8.42 Å². The minimum absolute atomic E-state index is 0.0296. The Morgan fingerprint density at radius 1 is 1.40 bits per heavy atom. The van der Waals surface area contributed by atoms with E-state index in [2.05, 4.69) is 4.98 Å². The number of nitrogen functional groups attached to an aromatic ring is 1. The molecule has 0 aliphatic carbocycles. The number of nitrogens with zero attached hydrogens (tertiary/aromatic N) is 2. The molecule has 3 rings (SSSR count). The van der Waals surface area contributed by atoms with E-state index >= 15 is 0 Å². The van der Waals surface area contributed by atoms with Crippen LogP contribution in [0, 0.1) is 0 Å². The number of fused-ring (bicyclic) bond motifs is 1. The van der Waals surface area contributed by atoms with Crippen molar-refractivity contribution in [3.05, 3.63) is 46.7 Å². The fraction of sp³-hybridized carbons (Fsp3) is 0.0833. The minimum atomic E-state index is -3.63. The Labute approximate surface area is 124 Å². The molecule has 0 aliphatic rings. The second kappa shape index (κ2) is 4.76. The molecule has 0 saturated carbocycles. The highest BCUT2D eigenvalue weighted by Gasteiger charge is 2.23. The molecule has 0 fully saturated rings. The van der Waals surface area contributed by atoms with Gasteiger partial charge in [-0.3, -0.25) is 4.40 Å². The summed E-state index contributed by atoms with van der Waals surface area (Å²) in [6.07, 6.45) is 3.52. The third-order valence-electron chi connectivity index (χ3n) is 2.79. The molecule has 104 valence electrons. The standard InChI is InChI=1S/C12H10ClN3O2S2/c13-9-2-1-3-10(14)11(9)20(17,18)7-8-6-16-4-5-19-12(16)15-8/h1-6H,7,14H2. The van der Waals surface area contributed by atoms with Crippen molar-refractivity contribution in [2.24, 2.45) is 0 Å². The Bertz CT molecular complexity index is 834. The fourth-order valence-corrected chi connectivity index (χ4v) is 4.68. The lowest BCUT2D eigenvalue weighted by Crippen LogP contribution is -2.09. The molecule has 0 atom stereocenters. The molecule has 0 saturated heterocycles. The molecular formula is C12H10ClN3O2S2. The zero-order valence-corrected chi connectivity index (χ0v) is 12.5. The predicted octanol–water partition coefficient (Wildman–Crippen LogP) is 2.61. The molecule has 2 heterocycles. The average molecular weight is 328 g/mol. The van der Waals surface area contributed by atoms with Gasteiger partial charge in [-0.1, -0.05) is 17.7 Å². The van der Waals surface area contributed by atoms with Crippen molar-refractivity contribution >= 4 is 43.4 Å². The number of hydrogen-bond donors (Lipinski definition) is 1. The number of nitrogens with two attached hydrogens (primary N) is 1. The fourth-order valence-electron chi connectivity index (χ4n) is 1.97. The van der Waals surface area contributed by atoms with E-state index in [1.54, 1.807) is 16.7 Å². The van der Waals surface area contributed by atoms with Gasteiger partial charge < -0.3 is 5.73 Å². The monoisotopic (exact) mass is 327 g/mol. The van der Waals surface area contributed by atoms with Crippen molar-refractivity contribution in [3.63, 3.8) is 0 Å². The smallest absolute Gasteiger partial charge is 0.193 e. The van der Waals surface area contributed by atoms with Gasteiger partial charge >= 0.3 is 0 Å². The Morgan fingerprint density at radius 3 is 2.90 bits per heavy atom. The van der Waals surface area contributed by atoms with E-state index in [0.29, 0.717) is 5.69 Å². The van der Waals surface area contributed by atoms with Crippen LogP contribution in [0.4, 0.5) is 5.69 Å². The number of rotatable bonds is 3. The summed E-state index contributed by atoms with van der Waals surface area (Å²) in [5.74, 6) is -0.227. The molecule has 5 nitrogen and oxygen atoms in total. The van der Waals surface area contributed by atoms with Gasteiger partial charge in [-0.15, -0.1) is 11.3 Å². The highest BCUT2D eigenvalue weighted by molar-refractivity contribution is 7.91. The van der Waals surface area contributed by atoms with Gasteiger partial charge in [0.1, 0.15) is 4.90 Å². The lowest BCUT2D eigenvalue weighted by molar-refractivity contribution is 0.595. The number of imidazole rings is 1. The summed E-state index contributed by atoms with van der Waals surface area (Å²) in [7, 11) is -3.63. The normalized spacial score (nSPS) is 12.1. The summed E-state index contributed by atoms with van der Waals surface area (Å²) >= 11 is 7.40. The molecule has 0 spiro atoms. The second-order valence-electron chi connectivity index (χ2n) is 4.24. The third kappa shape index (κ3) is 2.28. The molecule has 3 aromatic rings. The van der Waals surface area contributed by atoms with Crippen LogP contribution < -0.4 is 5.73 Å². The van der Waals surface area contributed by atoms with Crippen LogP contribution in [-0.4, -0.2) is 17.8 Å². The summed E-state index contributed by atoms with van der Waals surface area (Å²) in [5.41, 5.74) is 6.35. The van der Waals surface area contributed by atoms with Gasteiger partial charge in [-0.05, 0) is 12.1 Å². The molecule has 0 radical (unpaired) electrons. The van der Waals surface area contributed by atoms with Crippen molar-refractivity contribution in [1.82, 2.24) is 9.38 Å². The number of halogens is 1. The number of hydrogen-bond acceptors (Lipinski definition) is 5. The number of sulfone groups is 1. The molecule has 2 aromatic heterocycles. The van der Waals surface area contributed by atoms with E-state index in [1.807, 2.05) is 11.6 Å². The van der Waals surface area contributed by atoms with Crippen molar-refractivity contribution in [2.45, 2.75) is 10.6 Å². The van der Waals surface area contributed by atoms with Gasteiger partial charge in [-0.25, -0.2) is 13.4 Å². The quantitative estimate of drug-likeness (QED) is 0.750. The predicted molar refractivity (Wildman–Crippen MR) is 79.8 cm³/mol. The number of anilines is 1. The molecule has 0 amide bonds. The van der Waals surface area contributed by atoms with Crippen LogP contribution >= 0.6 is 22.9 Å². The Hall–Kier alpha value is -1.57. The van der Waals surface area contributed by atoms with Gasteiger partial charge in [0.15, 0.2) is 14.8 Å². The largest absolute Gasteiger partial charge is 0.398 e. The molecular weight excluding hydrogens is 318 g/mol. The molecule has 0 bridgehead atoms. The third-order valence-corrected chi connectivity index (χ3v) is 5.74. The first kappa shape index (κ1) is 13.4. The van der Waals surface area contributed by atoms with Crippen LogP contribution in [0.2, 0.25) is 5.02 Å². The highest BCUT2D eigenvalue weighted by Crippen LogP contribution is 2.29. The topological polar surface area (TPSA) is 77.5 Å². The van der Waals surface area contributed by atoms with Crippen LogP contribution in [0.15, 0.2) is 40.9 Å². The van der Waals surface area contributed by atoms with Crippen LogP contribution in [-0.2, 0) is 15.6 Å². The van der Waals surface area contributed by atoms with E-state index in [9.17, 15) is 8.42 Å². The zero-order valence-electron chi connectivity index (χ0n) is 10.2. The van der Waals surface area contributed by atoms with E-state index in [4.69, 9.17) is 17.3 Å². The molecule has 1 aromatic carbocycles. The van der Waals surface area contributed by atoms with Gasteiger partial charge in [0.25, 0.3) is 0 Å². The number of aromatic nitrogens is 2. The lowest BCUT2D eigenvalue weighted by Gasteiger charge is -2.07. The van der Waals surface area contributed by atoms with E-state index in [1.165, 1.54) is 23.5 Å². The number of benzene rings is 1. The zero-order chi connectivity index (χ0) is 14.3. The van der Waals surface area contributed by atoms with Gasteiger partial charge in [-0.2, -0.15) is 0 Å². The van der Waals surface area contributed by atoms with Gasteiger partial charge in [0.2, 0.25) is 0 Å². The average Bonchev–Trinajstić information content (AvgIpc) is 2.87. The maximum absolute atomic E-state index is 12.4. The maximum Gasteiger partial charge on any atom is 0.193 e. The minimum Gasteiger partial charge on any atom is -0.398 e. The molecule has 20 heavy (non-hydrogen) atoms. The lowest BCUT2D eigenvalue weighted by atomic mass is 10.3. The Balaban J connectivity index is 2.02. The molecule has 0 unspecified atom stereocenters. The van der Waals surface area contributed by atoms with Crippen LogP contribution in [0.3, 0.4) is 0 Å². The summed E-state index contributed by atoms with van der Waals surface area (Å²) in [5, 5.41) is 2.01. The summed E-state index contributed by atoms with van der Waals surface area (Å²) in [4.78, 5) is 4.98. The summed E-state index contributed by atoms with van der Waals surface area (Å²) in [6, 6.07) is 4.64. The van der Waals surface area contributed by atoms with Crippen molar-refractivity contribution in [2.75, 3.05) is 5.73 Å². The summed E-state index contributed by atoms with van der Waals surface area (Å²) in [6.45, 7) is 0. The van der Waals surface area contributed by atoms with E-state index in [0.717, 1.165) is 4.96 Å². The first-order chi connectivity index (χ1) is 9.47. The molecule has 2 N–H and O–H groups in total. The van der Waals surface area contributed by atoms with Gasteiger partial charge in [0, 0.05) is 17.8 Å². The molecule has 8 heteroatoms. The highest BCUT2D eigenvalue weighted by atomic mass is 35.5. The van der Waals surface area contributed by atoms with Crippen LogP contribution in [0.1, 0.15) is 5.69 Å². The second-order valence-corrected chi connectivity index (χ2v) is 7.45. The van der Waals surface area contributed by atoms with E-state index < -0.39 is 9.84 Å². The van der Waals surface area contributed by atoms with Crippen molar-refractivity contribution in [3.8, 4) is 0 Å². The van der Waals surface area contributed by atoms with Crippen molar-refractivity contribution in [1.29, 1.82) is 0 Å². The first-order valence-corrected chi connectivity index (χ1v) is 8.56. The van der Waals surface area contributed by atoms with Crippen LogP contribution in [0.5, 0.6) is 0 Å². The Kier molecular flexibility index (Phi) is 3.19. The maximum atomic E-state index is 12.4. The van der Waals surface area contributed by atoms with E-state index in [-0.39, 0.29) is 21.4 Å². The van der Waals surface area contributed by atoms with Crippen LogP contribution in [0.25, 0.3) is 4.96 Å². The Morgan fingerprint density at radius 2 is 2.20 bits per heavy atom. The summed E-state index contributed by atoms with van der Waals surface area (Å²) < 4.78 is 26.6. The number of thiazole rings is 1. The SMILES string of the molecule is Nc1cccc(Cl)c1S(=O)(=O)Cc1cn2ccsc2n1. The molecule has 0 aliphatic heterocycles. The first-order valence-electron chi connectivity index (χ1n) is 5.65. The van der Waals surface area contributed by atoms with Gasteiger partial charge in [0.05, 0.1) is 22.2 Å².